The molecule has 5 N–H and O–H groups in total. The van der Waals surface area contributed by atoms with E-state index in [4.69, 9.17) is 10.5 Å². The number of para-hydroxylation sites is 1. The summed E-state index contributed by atoms with van der Waals surface area (Å²) in [6.45, 7) is 7.33. The number of aromatic nitrogens is 2. The molecule has 3 aromatic carbocycles. The van der Waals surface area contributed by atoms with Gasteiger partial charge >= 0.3 is 0 Å². The molecule has 0 bridgehead atoms. The van der Waals surface area contributed by atoms with Crippen molar-refractivity contribution < 1.29 is 23.1 Å². The molecule has 0 saturated heterocycles. The fourth-order valence-electron chi connectivity index (χ4n) is 4.90. The summed E-state index contributed by atoms with van der Waals surface area (Å²) < 4.78 is 34.7. The van der Waals surface area contributed by atoms with Crippen molar-refractivity contribution in [2.24, 2.45) is 5.92 Å². The highest BCUT2D eigenvalue weighted by Gasteiger charge is 2.31. The number of aliphatic hydroxyl groups is 1. The zero-order valence-corrected chi connectivity index (χ0v) is 25.2. The Hall–Kier alpha value is -3.93. The van der Waals surface area contributed by atoms with Gasteiger partial charge in [0.2, 0.25) is 10.0 Å². The Morgan fingerprint density at radius 2 is 1.74 bits per heavy atom. The number of nitrogens with two attached hydrogens (primary N) is 1. The van der Waals surface area contributed by atoms with Gasteiger partial charge in [0.25, 0.3) is 5.91 Å². The number of sulfonamides is 1. The minimum atomic E-state index is -4.02. The summed E-state index contributed by atoms with van der Waals surface area (Å²) >= 11 is 0. The number of benzene rings is 3. The van der Waals surface area contributed by atoms with Crippen LogP contribution in [-0.4, -0.2) is 65.5 Å². The molecule has 224 valence electrons. The average molecular weight is 594 g/mol. The van der Waals surface area contributed by atoms with Gasteiger partial charge in [-0.05, 0) is 61.1 Å². The highest BCUT2D eigenvalue weighted by atomic mass is 32.2. The molecule has 0 fully saturated rings. The number of fused-ring (bicyclic) bond motifs is 1. The van der Waals surface area contributed by atoms with Crippen LogP contribution < -0.4 is 15.8 Å². The summed E-state index contributed by atoms with van der Waals surface area (Å²) in [5, 5.41) is 14.4. The number of anilines is 1. The summed E-state index contributed by atoms with van der Waals surface area (Å²) in [5.74, 6) is 0.387. The Labute approximate surface area is 247 Å². The minimum absolute atomic E-state index is 0.0218. The van der Waals surface area contributed by atoms with Gasteiger partial charge in [-0.25, -0.2) is 13.4 Å². The van der Waals surface area contributed by atoms with Crippen molar-refractivity contribution in [3.63, 3.8) is 0 Å². The first-order valence-corrected chi connectivity index (χ1v) is 15.3. The van der Waals surface area contributed by atoms with Crippen LogP contribution in [0.3, 0.4) is 0 Å². The Morgan fingerprint density at radius 3 is 2.40 bits per heavy atom. The van der Waals surface area contributed by atoms with Crippen LogP contribution in [-0.2, 0) is 21.2 Å². The monoisotopic (exact) mass is 593 g/mol. The highest BCUT2D eigenvalue weighted by molar-refractivity contribution is 7.89. The van der Waals surface area contributed by atoms with Crippen molar-refractivity contribution in [2.75, 3.05) is 25.4 Å². The van der Waals surface area contributed by atoms with Crippen molar-refractivity contribution in [1.29, 1.82) is 0 Å². The molecular weight excluding hydrogens is 554 g/mol. The number of aryl methyl sites for hydroxylation is 2. The zero-order chi connectivity index (χ0) is 30.4. The maximum absolute atomic E-state index is 13.8. The number of carbonyl (C=O) groups is 1. The predicted octanol–water partition coefficient (Wildman–Crippen LogP) is 3.58. The molecule has 0 aliphatic carbocycles. The quantitative estimate of drug-likeness (QED) is 0.185. The van der Waals surface area contributed by atoms with Gasteiger partial charge in [0, 0.05) is 13.1 Å². The van der Waals surface area contributed by atoms with E-state index in [1.807, 2.05) is 76.2 Å². The molecule has 0 saturated carbocycles. The molecule has 10 nitrogen and oxygen atoms in total. The molecule has 0 radical (unpaired) electrons. The largest absolute Gasteiger partial charge is 0.483 e. The van der Waals surface area contributed by atoms with Gasteiger partial charge < -0.3 is 25.9 Å². The van der Waals surface area contributed by atoms with E-state index in [1.165, 1.54) is 16.4 Å². The number of H-pyrrole nitrogens is 1. The Morgan fingerprint density at radius 1 is 1.05 bits per heavy atom. The molecule has 1 heterocycles. The molecule has 2 atom stereocenters. The van der Waals surface area contributed by atoms with E-state index in [0.29, 0.717) is 23.2 Å². The topological polar surface area (TPSA) is 151 Å². The molecule has 42 heavy (non-hydrogen) atoms. The van der Waals surface area contributed by atoms with E-state index in [1.54, 1.807) is 6.07 Å². The summed E-state index contributed by atoms with van der Waals surface area (Å²) in [6, 6.07) is 18.9. The Bertz CT molecular complexity index is 1600. The smallest absolute Gasteiger partial charge is 0.258 e. The van der Waals surface area contributed by atoms with Crippen LogP contribution >= 0.6 is 0 Å². The fraction of sp³-hybridized carbons (Fsp3) is 0.355. The van der Waals surface area contributed by atoms with E-state index in [9.17, 15) is 18.3 Å². The number of aromatic amines is 1. The first kappa shape index (κ1) is 31.0. The number of imidazole rings is 1. The maximum atomic E-state index is 13.8. The number of nitrogens with one attached hydrogen (secondary N) is 2. The lowest BCUT2D eigenvalue weighted by Gasteiger charge is -2.30. The molecule has 11 heteroatoms. The fourth-order valence-corrected chi connectivity index (χ4v) is 6.54. The lowest BCUT2D eigenvalue weighted by atomic mass is 10.0. The van der Waals surface area contributed by atoms with Gasteiger partial charge in [0.15, 0.2) is 12.6 Å². The molecule has 0 spiro atoms. The summed E-state index contributed by atoms with van der Waals surface area (Å²) in [6.07, 6.45) is -0.916. The normalized spacial score (nSPS) is 13.4. The lowest BCUT2D eigenvalue weighted by molar-refractivity contribution is -0.124. The predicted molar refractivity (Wildman–Crippen MR) is 164 cm³/mol. The maximum Gasteiger partial charge on any atom is 0.258 e. The first-order valence-electron chi connectivity index (χ1n) is 13.9. The van der Waals surface area contributed by atoms with E-state index >= 15 is 0 Å². The number of carbonyl (C=O) groups excluding carboxylic acids is 1. The third-order valence-electron chi connectivity index (χ3n) is 6.93. The summed E-state index contributed by atoms with van der Waals surface area (Å²) in [5.41, 5.74) is 9.50. The van der Waals surface area contributed by atoms with Crippen LogP contribution in [0.4, 0.5) is 5.95 Å². The molecule has 0 aliphatic rings. The molecule has 1 aromatic heterocycles. The number of rotatable bonds is 13. The molecule has 1 amide bonds. The van der Waals surface area contributed by atoms with Crippen LogP contribution in [0.5, 0.6) is 5.75 Å². The third-order valence-corrected chi connectivity index (χ3v) is 8.76. The van der Waals surface area contributed by atoms with E-state index < -0.39 is 28.1 Å². The number of hydrogen-bond donors (Lipinski definition) is 4. The summed E-state index contributed by atoms with van der Waals surface area (Å²) in [4.78, 5) is 20.1. The molecule has 4 aromatic rings. The second kappa shape index (κ2) is 13.4. The number of hydrogen-bond acceptors (Lipinski definition) is 7. The van der Waals surface area contributed by atoms with E-state index in [0.717, 1.165) is 16.7 Å². The summed E-state index contributed by atoms with van der Waals surface area (Å²) in [7, 11) is -4.02. The van der Waals surface area contributed by atoms with Crippen molar-refractivity contribution in [2.45, 2.75) is 51.2 Å². The van der Waals surface area contributed by atoms with Crippen LogP contribution in [0.2, 0.25) is 0 Å². The van der Waals surface area contributed by atoms with Gasteiger partial charge in [-0.1, -0.05) is 62.4 Å². The second-order valence-electron chi connectivity index (χ2n) is 11.0. The molecule has 0 unspecified atom stereocenters. The van der Waals surface area contributed by atoms with E-state index in [2.05, 4.69) is 15.3 Å². The van der Waals surface area contributed by atoms with Crippen LogP contribution in [0, 0.1) is 19.8 Å². The van der Waals surface area contributed by atoms with Crippen molar-refractivity contribution >= 4 is 32.9 Å². The Kier molecular flexibility index (Phi) is 9.87. The number of nitrogens with zero attached hydrogens (tertiary/aromatic N) is 2. The van der Waals surface area contributed by atoms with Gasteiger partial charge in [-0.3, -0.25) is 4.79 Å². The zero-order valence-electron chi connectivity index (χ0n) is 24.4. The van der Waals surface area contributed by atoms with Crippen LogP contribution in [0.15, 0.2) is 71.6 Å². The van der Waals surface area contributed by atoms with Gasteiger partial charge in [0.05, 0.1) is 28.1 Å². The standard InChI is InChI=1S/C31H39N5O5S/c1-20(2)17-36(42(39,40)24-13-14-25-26(16-24)35-31(32)34-25)18-28(37)27(15-23-11-6-5-7-12-23)33-29(38)19-41-30-21(3)9-8-10-22(30)4/h5-14,16,20,27-28,37H,15,17-19H2,1-4H3,(H,33,38)(H3,32,34,35)/t27-,28+/m0/s1. The van der Waals surface area contributed by atoms with Gasteiger partial charge in [-0.2, -0.15) is 4.31 Å². The van der Waals surface area contributed by atoms with Crippen molar-refractivity contribution in [1.82, 2.24) is 19.6 Å². The van der Waals surface area contributed by atoms with Crippen LogP contribution in [0.1, 0.15) is 30.5 Å². The van der Waals surface area contributed by atoms with Crippen LogP contribution in [0.25, 0.3) is 11.0 Å². The Balaban J connectivity index is 1.56. The van der Waals surface area contributed by atoms with Gasteiger partial charge in [-0.15, -0.1) is 0 Å². The third kappa shape index (κ3) is 7.67. The van der Waals surface area contributed by atoms with E-state index in [-0.39, 0.29) is 36.5 Å². The number of aliphatic hydroxyl groups excluding tert-OH is 1. The SMILES string of the molecule is Cc1cccc(C)c1OCC(=O)N[C@@H](Cc1ccccc1)[C@H](O)CN(CC(C)C)S(=O)(=O)c1ccc2nc(N)[nH]c2c1. The molecule has 4 rings (SSSR count). The average Bonchev–Trinajstić information content (AvgIpc) is 3.31. The first-order chi connectivity index (χ1) is 19.9. The van der Waals surface area contributed by atoms with Gasteiger partial charge in [0.1, 0.15) is 5.75 Å². The molecule has 0 aliphatic heterocycles. The molecular formula is C31H39N5O5S. The number of nitrogen functional groups attached to an aromatic ring is 1. The minimum Gasteiger partial charge on any atom is -0.483 e. The van der Waals surface area contributed by atoms with Crippen molar-refractivity contribution in [3.05, 3.63) is 83.4 Å². The second-order valence-corrected chi connectivity index (χ2v) is 12.9. The highest BCUT2D eigenvalue weighted by Crippen LogP contribution is 2.24. The number of ether oxygens (including phenoxy) is 1. The van der Waals surface area contributed by atoms with Crippen molar-refractivity contribution in [3.8, 4) is 5.75 Å². The number of amides is 1. The lowest BCUT2D eigenvalue weighted by Crippen LogP contribution is -2.52.